The summed E-state index contributed by atoms with van der Waals surface area (Å²) in [6.07, 6.45) is 5.41. The van der Waals surface area contributed by atoms with Gasteiger partial charge in [0.2, 0.25) is 9.76 Å². The number of hydrogen-bond donors (Lipinski definition) is 2. The van der Waals surface area contributed by atoms with Crippen molar-refractivity contribution in [3.05, 3.63) is 0 Å². The van der Waals surface area contributed by atoms with Gasteiger partial charge in [-0.05, 0) is 25.3 Å². The monoisotopic (exact) mass is 214 g/mol. The normalized spacial score (nSPS) is 24.9. The molecule has 1 fully saturated rings. The summed E-state index contributed by atoms with van der Waals surface area (Å²) in [6, 6.07) is 1.86. The van der Waals surface area contributed by atoms with Gasteiger partial charge in [-0.1, -0.05) is 13.3 Å². The minimum absolute atomic E-state index is 0.498. The third-order valence-electron chi connectivity index (χ3n) is 2.67. The lowest BCUT2D eigenvalue weighted by molar-refractivity contribution is 0.155. The average Bonchev–Trinajstić information content (AvgIpc) is 2.25. The van der Waals surface area contributed by atoms with Crippen LogP contribution in [0, 0.1) is 0 Å². The molecule has 0 bridgehead atoms. The Balaban J connectivity index is 2.16. The van der Waals surface area contributed by atoms with Gasteiger partial charge in [0.1, 0.15) is 0 Å². The number of nitrogens with one attached hydrogen (secondary N) is 1. The highest BCUT2D eigenvalue weighted by Gasteiger charge is 2.18. The predicted octanol–water partition coefficient (Wildman–Crippen LogP) is 0.920. The lowest BCUT2D eigenvalue weighted by Gasteiger charge is -2.26. The van der Waals surface area contributed by atoms with E-state index in [2.05, 4.69) is 12.2 Å². The first-order chi connectivity index (χ1) is 6.86. The number of hydrogen-bond acceptors (Lipinski definition) is 3. The molecule has 1 aliphatic heterocycles. The zero-order valence-electron chi connectivity index (χ0n) is 9.09. The van der Waals surface area contributed by atoms with Gasteiger partial charge in [0.15, 0.2) is 0 Å². The van der Waals surface area contributed by atoms with Gasteiger partial charge in [-0.2, -0.15) is 0 Å². The van der Waals surface area contributed by atoms with E-state index in [0.29, 0.717) is 12.1 Å². The molecule has 1 rings (SSSR count). The summed E-state index contributed by atoms with van der Waals surface area (Å²) in [5.41, 5.74) is 5.47. The second-order valence-corrected chi connectivity index (χ2v) is 4.88. The first kappa shape index (κ1) is 12.2. The summed E-state index contributed by atoms with van der Waals surface area (Å²) >= 11 is 0. The van der Waals surface area contributed by atoms with Gasteiger partial charge in [-0.3, -0.25) is 0 Å². The van der Waals surface area contributed by atoms with Crippen LogP contribution in [0.1, 0.15) is 32.6 Å². The van der Waals surface area contributed by atoms with E-state index in [4.69, 9.17) is 10.2 Å². The third-order valence-corrected chi connectivity index (χ3v) is 3.73. The van der Waals surface area contributed by atoms with E-state index in [1.54, 1.807) is 0 Å². The molecule has 0 aromatic heterocycles. The molecule has 0 aromatic rings. The fourth-order valence-electron chi connectivity index (χ4n) is 1.80. The van der Waals surface area contributed by atoms with Gasteiger partial charge in [0, 0.05) is 25.2 Å². The minimum atomic E-state index is 0.498. The molecule has 1 aliphatic rings. The van der Waals surface area contributed by atoms with Crippen LogP contribution in [0.4, 0.5) is 0 Å². The Bertz CT molecular complexity index is 140. The summed E-state index contributed by atoms with van der Waals surface area (Å²) < 4.78 is 5.75. The molecule has 82 valence electrons. The molecule has 0 aromatic carbocycles. The van der Waals surface area contributed by atoms with Crippen LogP contribution in [-0.4, -0.2) is 35.0 Å². The van der Waals surface area contributed by atoms with E-state index in [1.165, 1.54) is 25.3 Å². The fraction of sp³-hybridized carbons (Fsp3) is 1.00. The smallest absolute Gasteiger partial charge is 0.230 e. The molecule has 0 aliphatic carbocycles. The van der Waals surface area contributed by atoms with Crippen LogP contribution in [-0.2, 0) is 4.43 Å². The van der Waals surface area contributed by atoms with Crippen LogP contribution in [0.3, 0.4) is 0 Å². The molecule has 2 unspecified atom stereocenters. The van der Waals surface area contributed by atoms with Crippen LogP contribution in [0.5, 0.6) is 0 Å². The van der Waals surface area contributed by atoms with Crippen molar-refractivity contribution < 1.29 is 4.43 Å². The Hall–Kier alpha value is 0.0969. The number of nitrogens with two attached hydrogens (primary N) is 1. The minimum Gasteiger partial charge on any atom is -0.415 e. The van der Waals surface area contributed by atoms with E-state index < -0.39 is 0 Å². The van der Waals surface area contributed by atoms with Gasteiger partial charge in [0.05, 0.1) is 0 Å². The SMILES string of the molecule is CCC(CC1CCC[Si]O1)NCCN. The van der Waals surface area contributed by atoms with Crippen LogP contribution in [0.15, 0.2) is 0 Å². The molecular weight excluding hydrogens is 192 g/mol. The van der Waals surface area contributed by atoms with Gasteiger partial charge in [-0.25, -0.2) is 0 Å². The molecule has 14 heavy (non-hydrogen) atoms. The van der Waals surface area contributed by atoms with Gasteiger partial charge in [0.25, 0.3) is 0 Å². The molecule has 0 amide bonds. The van der Waals surface area contributed by atoms with Gasteiger partial charge >= 0.3 is 0 Å². The maximum atomic E-state index is 5.75. The Morgan fingerprint density at radius 1 is 1.64 bits per heavy atom. The Morgan fingerprint density at radius 2 is 2.50 bits per heavy atom. The standard InChI is InChI=1S/C10H22N2OSi/c1-2-9(12-6-5-11)8-10-4-3-7-14-13-10/h9-10,12H,2-8,11H2,1H3. The third kappa shape index (κ3) is 4.55. The van der Waals surface area contributed by atoms with Crippen LogP contribution in [0.25, 0.3) is 0 Å². The summed E-state index contributed by atoms with van der Waals surface area (Å²) in [5, 5.41) is 3.46. The molecule has 0 spiro atoms. The van der Waals surface area contributed by atoms with Crippen molar-refractivity contribution in [1.82, 2.24) is 5.32 Å². The van der Waals surface area contributed by atoms with E-state index in [0.717, 1.165) is 29.3 Å². The summed E-state index contributed by atoms with van der Waals surface area (Å²) in [6.45, 7) is 3.87. The molecule has 3 N–H and O–H groups in total. The Kier molecular flexibility index (Phi) is 6.43. The first-order valence-electron chi connectivity index (χ1n) is 5.68. The molecule has 2 radical (unpaired) electrons. The maximum absolute atomic E-state index is 5.75. The Morgan fingerprint density at radius 3 is 3.07 bits per heavy atom. The first-order valence-corrected chi connectivity index (χ1v) is 6.80. The van der Waals surface area contributed by atoms with Crippen molar-refractivity contribution >= 4 is 9.76 Å². The zero-order chi connectivity index (χ0) is 10.2. The second kappa shape index (κ2) is 7.40. The molecule has 4 heteroatoms. The second-order valence-electron chi connectivity index (χ2n) is 3.86. The molecular formula is C10H22N2OSi. The van der Waals surface area contributed by atoms with Crippen molar-refractivity contribution in [3.8, 4) is 0 Å². The zero-order valence-corrected chi connectivity index (χ0v) is 10.1. The lowest BCUT2D eigenvalue weighted by Crippen LogP contribution is -2.37. The lowest BCUT2D eigenvalue weighted by atomic mass is 10.0. The van der Waals surface area contributed by atoms with E-state index in [9.17, 15) is 0 Å². The largest absolute Gasteiger partial charge is 0.415 e. The van der Waals surface area contributed by atoms with Crippen molar-refractivity contribution in [2.75, 3.05) is 13.1 Å². The van der Waals surface area contributed by atoms with Crippen molar-refractivity contribution in [1.29, 1.82) is 0 Å². The average molecular weight is 214 g/mol. The molecule has 0 saturated carbocycles. The Labute approximate surface area is 89.7 Å². The van der Waals surface area contributed by atoms with E-state index in [1.807, 2.05) is 0 Å². The summed E-state index contributed by atoms with van der Waals surface area (Å²) in [5.74, 6) is 0. The van der Waals surface area contributed by atoms with Crippen LogP contribution < -0.4 is 11.1 Å². The van der Waals surface area contributed by atoms with E-state index in [-0.39, 0.29) is 0 Å². The quantitative estimate of drug-likeness (QED) is 0.646. The highest BCUT2D eigenvalue weighted by atomic mass is 28.2. The van der Waals surface area contributed by atoms with Crippen LogP contribution in [0.2, 0.25) is 6.04 Å². The van der Waals surface area contributed by atoms with Crippen molar-refractivity contribution in [2.24, 2.45) is 5.73 Å². The molecule has 1 heterocycles. The number of rotatable bonds is 6. The van der Waals surface area contributed by atoms with Crippen molar-refractivity contribution in [2.45, 2.75) is 50.8 Å². The van der Waals surface area contributed by atoms with Gasteiger partial charge in [-0.15, -0.1) is 0 Å². The highest BCUT2D eigenvalue weighted by Crippen LogP contribution is 2.17. The van der Waals surface area contributed by atoms with E-state index >= 15 is 0 Å². The predicted molar refractivity (Wildman–Crippen MR) is 60.4 cm³/mol. The summed E-state index contributed by atoms with van der Waals surface area (Å²) in [7, 11) is 0.733. The molecule has 3 nitrogen and oxygen atoms in total. The topological polar surface area (TPSA) is 47.3 Å². The van der Waals surface area contributed by atoms with Gasteiger partial charge < -0.3 is 15.5 Å². The molecule has 2 atom stereocenters. The van der Waals surface area contributed by atoms with Crippen molar-refractivity contribution in [3.63, 3.8) is 0 Å². The highest BCUT2D eigenvalue weighted by molar-refractivity contribution is 6.27. The summed E-state index contributed by atoms with van der Waals surface area (Å²) in [4.78, 5) is 0. The maximum Gasteiger partial charge on any atom is 0.230 e. The van der Waals surface area contributed by atoms with Crippen LogP contribution >= 0.6 is 0 Å². The fourth-order valence-corrected chi connectivity index (χ4v) is 2.72. The molecule has 1 saturated heterocycles.